The number of aryl methyl sites for hydroxylation is 1. The third kappa shape index (κ3) is 2.91. The molecule has 0 saturated heterocycles. The van der Waals surface area contributed by atoms with Crippen LogP contribution in [0.25, 0.3) is 0 Å². The van der Waals surface area contributed by atoms with Gasteiger partial charge in [-0.05, 0) is 56.0 Å². The molecule has 28 heavy (non-hydrogen) atoms. The first kappa shape index (κ1) is 18.4. The molecular formula is C23H24N2O3. The topological polar surface area (TPSA) is 57.7 Å². The fourth-order valence-electron chi connectivity index (χ4n) is 4.08. The van der Waals surface area contributed by atoms with Gasteiger partial charge in [-0.3, -0.25) is 19.3 Å². The normalized spacial score (nSPS) is 18.3. The number of anilines is 1. The number of imide groups is 1. The molecule has 144 valence electrons. The van der Waals surface area contributed by atoms with Gasteiger partial charge in [0, 0.05) is 23.8 Å². The number of hydrogen-bond acceptors (Lipinski definition) is 3. The first-order chi connectivity index (χ1) is 13.5. The Morgan fingerprint density at radius 3 is 2.61 bits per heavy atom. The van der Waals surface area contributed by atoms with Gasteiger partial charge in [0.15, 0.2) is 0 Å². The summed E-state index contributed by atoms with van der Waals surface area (Å²) in [5.41, 5.74) is 3.27. The Morgan fingerprint density at radius 2 is 1.82 bits per heavy atom. The minimum absolute atomic E-state index is 0.0778. The number of nitrogens with zero attached hydrogens (tertiary/aromatic N) is 2. The van der Waals surface area contributed by atoms with E-state index in [9.17, 15) is 14.4 Å². The maximum atomic E-state index is 13.3. The molecule has 2 aromatic carbocycles. The van der Waals surface area contributed by atoms with Gasteiger partial charge < -0.3 is 4.90 Å². The highest BCUT2D eigenvalue weighted by Gasteiger charge is 2.36. The van der Waals surface area contributed by atoms with Gasteiger partial charge in [0.1, 0.15) is 0 Å². The summed E-state index contributed by atoms with van der Waals surface area (Å²) < 4.78 is 0. The van der Waals surface area contributed by atoms with Gasteiger partial charge >= 0.3 is 0 Å². The second kappa shape index (κ2) is 7.23. The number of carbonyl (C=O) groups excluding carboxylic acids is 3. The summed E-state index contributed by atoms with van der Waals surface area (Å²) in [6.45, 7) is 4.48. The van der Waals surface area contributed by atoms with Crippen molar-refractivity contribution in [3.05, 3.63) is 64.7 Å². The van der Waals surface area contributed by atoms with Crippen molar-refractivity contribution in [3.8, 4) is 0 Å². The molecule has 5 nitrogen and oxygen atoms in total. The molecule has 0 bridgehead atoms. The van der Waals surface area contributed by atoms with E-state index in [0.29, 0.717) is 23.2 Å². The van der Waals surface area contributed by atoms with Crippen molar-refractivity contribution in [2.45, 2.75) is 45.6 Å². The molecule has 0 spiro atoms. The predicted molar refractivity (Wildman–Crippen MR) is 108 cm³/mol. The zero-order valence-corrected chi connectivity index (χ0v) is 16.3. The van der Waals surface area contributed by atoms with E-state index in [-0.39, 0.29) is 23.8 Å². The molecule has 1 atom stereocenters. The molecule has 2 aliphatic rings. The quantitative estimate of drug-likeness (QED) is 0.756. The van der Waals surface area contributed by atoms with Gasteiger partial charge in [-0.25, -0.2) is 0 Å². The molecule has 0 radical (unpaired) electrons. The van der Waals surface area contributed by atoms with Crippen molar-refractivity contribution in [1.29, 1.82) is 0 Å². The Kier molecular flexibility index (Phi) is 4.75. The largest absolute Gasteiger partial charge is 0.305 e. The molecule has 0 aliphatic carbocycles. The molecule has 5 heteroatoms. The van der Waals surface area contributed by atoms with Crippen LogP contribution in [0.3, 0.4) is 0 Å². The average molecular weight is 376 g/mol. The molecule has 2 aliphatic heterocycles. The summed E-state index contributed by atoms with van der Waals surface area (Å²) in [4.78, 5) is 41.7. The summed E-state index contributed by atoms with van der Waals surface area (Å²) in [6, 6.07) is 12.9. The molecular weight excluding hydrogens is 352 g/mol. The van der Waals surface area contributed by atoms with Gasteiger partial charge in [0.05, 0.1) is 11.1 Å². The van der Waals surface area contributed by atoms with Crippen LogP contribution in [0.15, 0.2) is 42.5 Å². The highest BCUT2D eigenvalue weighted by Crippen LogP contribution is 2.32. The summed E-state index contributed by atoms with van der Waals surface area (Å²) in [6.07, 6.45) is 3.53. The van der Waals surface area contributed by atoms with E-state index in [4.69, 9.17) is 0 Å². The van der Waals surface area contributed by atoms with Crippen LogP contribution in [0.5, 0.6) is 0 Å². The van der Waals surface area contributed by atoms with Crippen LogP contribution in [-0.4, -0.2) is 35.2 Å². The lowest BCUT2D eigenvalue weighted by Gasteiger charge is -2.35. The van der Waals surface area contributed by atoms with E-state index in [2.05, 4.69) is 6.07 Å². The fraction of sp³-hybridized carbons (Fsp3) is 0.348. The zero-order chi connectivity index (χ0) is 19.8. The second-order valence-corrected chi connectivity index (χ2v) is 7.57. The van der Waals surface area contributed by atoms with Gasteiger partial charge in [-0.1, -0.05) is 31.5 Å². The van der Waals surface area contributed by atoms with Gasteiger partial charge in [-0.2, -0.15) is 0 Å². The van der Waals surface area contributed by atoms with E-state index < -0.39 is 0 Å². The van der Waals surface area contributed by atoms with E-state index in [1.807, 2.05) is 36.9 Å². The standard InChI is InChI=1S/C23H24N2O3/c1-3-4-13-24-22(27)18-12-11-17(14-19(18)23(24)28)21(26)25-15(2)9-10-16-7-5-6-8-20(16)25/h5-8,11-12,14-15H,3-4,9-10,13H2,1-2H3. The highest BCUT2D eigenvalue weighted by molar-refractivity contribution is 6.22. The lowest BCUT2D eigenvalue weighted by atomic mass is 9.95. The number of amides is 3. The maximum absolute atomic E-state index is 13.3. The average Bonchev–Trinajstić information content (AvgIpc) is 2.95. The summed E-state index contributed by atoms with van der Waals surface area (Å²) in [7, 11) is 0. The maximum Gasteiger partial charge on any atom is 0.261 e. The van der Waals surface area contributed by atoms with Crippen LogP contribution in [0.2, 0.25) is 0 Å². The van der Waals surface area contributed by atoms with Crippen molar-refractivity contribution in [1.82, 2.24) is 4.90 Å². The van der Waals surface area contributed by atoms with Gasteiger partial charge in [0.2, 0.25) is 0 Å². The first-order valence-electron chi connectivity index (χ1n) is 9.94. The highest BCUT2D eigenvalue weighted by atomic mass is 16.2. The number of rotatable bonds is 4. The van der Waals surface area contributed by atoms with E-state index in [0.717, 1.165) is 36.9 Å². The predicted octanol–water partition coefficient (Wildman–Crippen LogP) is 4.06. The molecule has 0 saturated carbocycles. The Hall–Kier alpha value is -2.95. The smallest absolute Gasteiger partial charge is 0.261 e. The molecule has 2 aromatic rings. The monoisotopic (exact) mass is 376 g/mol. The van der Waals surface area contributed by atoms with Crippen LogP contribution in [0, 0.1) is 0 Å². The number of hydrogen-bond donors (Lipinski definition) is 0. The van der Waals surface area contributed by atoms with E-state index in [1.54, 1.807) is 18.2 Å². The van der Waals surface area contributed by atoms with Crippen molar-refractivity contribution in [3.63, 3.8) is 0 Å². The Bertz CT molecular complexity index is 966. The second-order valence-electron chi connectivity index (χ2n) is 7.57. The minimum Gasteiger partial charge on any atom is -0.305 e. The fourth-order valence-corrected chi connectivity index (χ4v) is 4.08. The third-order valence-electron chi connectivity index (χ3n) is 5.70. The Labute approximate surface area is 164 Å². The molecule has 1 unspecified atom stereocenters. The molecule has 2 heterocycles. The van der Waals surface area contributed by atoms with E-state index in [1.165, 1.54) is 4.90 Å². The number of benzene rings is 2. The van der Waals surface area contributed by atoms with Crippen LogP contribution < -0.4 is 4.90 Å². The van der Waals surface area contributed by atoms with Gasteiger partial charge in [0.25, 0.3) is 17.7 Å². The van der Waals surface area contributed by atoms with Crippen LogP contribution >= 0.6 is 0 Å². The molecule has 0 aromatic heterocycles. The van der Waals surface area contributed by atoms with Crippen LogP contribution in [0.4, 0.5) is 5.69 Å². The Morgan fingerprint density at radius 1 is 1.07 bits per heavy atom. The summed E-state index contributed by atoms with van der Waals surface area (Å²) >= 11 is 0. The minimum atomic E-state index is -0.296. The summed E-state index contributed by atoms with van der Waals surface area (Å²) in [5, 5.41) is 0. The van der Waals surface area contributed by atoms with Crippen LogP contribution in [0.1, 0.15) is 69.7 Å². The molecule has 0 fully saturated rings. The Balaban J connectivity index is 1.68. The number of unbranched alkanes of at least 4 members (excludes halogenated alkanes) is 1. The van der Waals surface area contributed by atoms with Crippen LogP contribution in [-0.2, 0) is 6.42 Å². The zero-order valence-electron chi connectivity index (χ0n) is 16.3. The molecule has 4 rings (SSSR count). The molecule has 0 N–H and O–H groups in total. The third-order valence-corrected chi connectivity index (χ3v) is 5.70. The van der Waals surface area contributed by atoms with Crippen molar-refractivity contribution in [2.24, 2.45) is 0 Å². The van der Waals surface area contributed by atoms with Crippen molar-refractivity contribution < 1.29 is 14.4 Å². The summed E-state index contributed by atoms with van der Waals surface area (Å²) in [5.74, 6) is -0.686. The van der Waals surface area contributed by atoms with Crippen molar-refractivity contribution >= 4 is 23.4 Å². The lowest BCUT2D eigenvalue weighted by molar-refractivity contribution is 0.0652. The SMILES string of the molecule is CCCCN1C(=O)c2ccc(C(=O)N3c4ccccc4CCC3C)cc2C1=O. The number of fused-ring (bicyclic) bond motifs is 2. The number of para-hydroxylation sites is 1. The number of carbonyl (C=O) groups is 3. The van der Waals surface area contributed by atoms with Gasteiger partial charge in [-0.15, -0.1) is 0 Å². The van der Waals surface area contributed by atoms with Crippen molar-refractivity contribution in [2.75, 3.05) is 11.4 Å². The first-order valence-corrected chi connectivity index (χ1v) is 9.94. The lowest BCUT2D eigenvalue weighted by Crippen LogP contribution is -2.42. The van der Waals surface area contributed by atoms with E-state index >= 15 is 0 Å². The molecule has 3 amide bonds.